The molecule has 6 heteroatoms. The third-order valence-corrected chi connectivity index (χ3v) is 3.27. The molecule has 0 aliphatic rings. The Hall–Kier alpha value is -2.84. The Morgan fingerprint density at radius 3 is 2.30 bits per heavy atom. The van der Waals surface area contributed by atoms with E-state index in [0.29, 0.717) is 21.8 Å². The van der Waals surface area contributed by atoms with Crippen LogP contribution in [0.4, 0.5) is 5.69 Å². The van der Waals surface area contributed by atoms with Crippen molar-refractivity contribution in [2.24, 2.45) is 0 Å². The first-order valence-corrected chi connectivity index (χ1v) is 7.15. The number of amides is 1. The second-order valence-corrected chi connectivity index (χ2v) is 5.17. The van der Waals surface area contributed by atoms with E-state index in [-0.39, 0.29) is 0 Å². The van der Waals surface area contributed by atoms with Crippen LogP contribution in [0.5, 0.6) is 0 Å². The smallest absolute Gasteiger partial charge is 0.338 e. The van der Waals surface area contributed by atoms with Crippen LogP contribution in [-0.2, 0) is 9.53 Å². The number of nitriles is 1. The van der Waals surface area contributed by atoms with E-state index >= 15 is 0 Å². The van der Waals surface area contributed by atoms with Crippen molar-refractivity contribution in [2.45, 2.75) is 13.0 Å². The number of anilines is 1. The summed E-state index contributed by atoms with van der Waals surface area (Å²) in [6.07, 6.45) is -0.964. The van der Waals surface area contributed by atoms with E-state index < -0.39 is 18.0 Å². The van der Waals surface area contributed by atoms with Gasteiger partial charge in [-0.3, -0.25) is 4.79 Å². The lowest BCUT2D eigenvalue weighted by Gasteiger charge is -2.13. The summed E-state index contributed by atoms with van der Waals surface area (Å²) in [4.78, 5) is 23.9. The summed E-state index contributed by atoms with van der Waals surface area (Å²) in [5.74, 6) is -1.07. The molecule has 5 nitrogen and oxygen atoms in total. The monoisotopic (exact) mass is 328 g/mol. The van der Waals surface area contributed by atoms with Crippen molar-refractivity contribution in [2.75, 3.05) is 5.32 Å². The lowest BCUT2D eigenvalue weighted by molar-refractivity contribution is -0.123. The van der Waals surface area contributed by atoms with Crippen molar-refractivity contribution in [3.63, 3.8) is 0 Å². The minimum atomic E-state index is -0.964. The molecule has 0 aliphatic heterocycles. The van der Waals surface area contributed by atoms with Gasteiger partial charge in [-0.2, -0.15) is 5.26 Å². The van der Waals surface area contributed by atoms with Crippen LogP contribution in [0.2, 0.25) is 5.02 Å². The highest BCUT2D eigenvalue weighted by atomic mass is 35.5. The number of nitrogens with zero attached hydrogens (tertiary/aromatic N) is 1. The van der Waals surface area contributed by atoms with E-state index in [4.69, 9.17) is 21.6 Å². The first-order valence-electron chi connectivity index (χ1n) is 6.77. The zero-order valence-corrected chi connectivity index (χ0v) is 13.0. The Labute approximate surface area is 138 Å². The van der Waals surface area contributed by atoms with Gasteiger partial charge in [0.1, 0.15) is 0 Å². The molecule has 1 N–H and O–H groups in total. The average molecular weight is 329 g/mol. The second kappa shape index (κ2) is 7.43. The highest BCUT2D eigenvalue weighted by molar-refractivity contribution is 6.30. The predicted molar refractivity (Wildman–Crippen MR) is 86.1 cm³/mol. The van der Waals surface area contributed by atoms with E-state index in [2.05, 4.69) is 5.32 Å². The maximum absolute atomic E-state index is 12.0. The summed E-state index contributed by atoms with van der Waals surface area (Å²) in [5.41, 5.74) is 1.32. The normalized spacial score (nSPS) is 11.2. The molecule has 0 bridgehead atoms. The molecule has 0 aliphatic carbocycles. The van der Waals surface area contributed by atoms with Gasteiger partial charge in [0.2, 0.25) is 0 Å². The molecule has 0 fully saturated rings. The van der Waals surface area contributed by atoms with Gasteiger partial charge in [-0.15, -0.1) is 0 Å². The number of esters is 1. The van der Waals surface area contributed by atoms with Crippen LogP contribution >= 0.6 is 11.6 Å². The van der Waals surface area contributed by atoms with E-state index in [1.807, 2.05) is 6.07 Å². The van der Waals surface area contributed by atoms with E-state index in [1.54, 1.807) is 36.4 Å². The Morgan fingerprint density at radius 1 is 1.13 bits per heavy atom. The van der Waals surface area contributed by atoms with Gasteiger partial charge in [0, 0.05) is 10.7 Å². The van der Waals surface area contributed by atoms with Crippen molar-refractivity contribution in [1.82, 2.24) is 0 Å². The average Bonchev–Trinajstić information content (AvgIpc) is 2.56. The molecular formula is C17H13ClN2O3. The SMILES string of the molecule is C[C@H](OC(=O)c1ccc(Cl)cc1)C(=O)Nc1ccc(C#N)cc1. The first kappa shape index (κ1) is 16.5. The van der Waals surface area contributed by atoms with Gasteiger partial charge in [-0.1, -0.05) is 11.6 Å². The number of carbonyl (C=O) groups excluding carboxylic acids is 2. The van der Waals surface area contributed by atoms with Crippen LogP contribution in [0.25, 0.3) is 0 Å². The lowest BCUT2D eigenvalue weighted by Crippen LogP contribution is -2.30. The molecule has 0 radical (unpaired) electrons. The highest BCUT2D eigenvalue weighted by Crippen LogP contribution is 2.13. The molecule has 0 heterocycles. The summed E-state index contributed by atoms with van der Waals surface area (Å²) in [6.45, 7) is 1.48. The summed E-state index contributed by atoms with van der Waals surface area (Å²) in [5, 5.41) is 11.8. The number of halogens is 1. The van der Waals surface area contributed by atoms with Crippen LogP contribution in [0.3, 0.4) is 0 Å². The topological polar surface area (TPSA) is 79.2 Å². The number of rotatable bonds is 4. The quantitative estimate of drug-likeness (QED) is 0.872. The summed E-state index contributed by atoms with van der Waals surface area (Å²) in [6, 6.07) is 14.5. The van der Waals surface area contributed by atoms with Crippen molar-refractivity contribution in [3.05, 3.63) is 64.7 Å². The molecule has 2 aromatic carbocycles. The number of hydrogen-bond donors (Lipinski definition) is 1. The highest BCUT2D eigenvalue weighted by Gasteiger charge is 2.19. The summed E-state index contributed by atoms with van der Waals surface area (Å²) in [7, 11) is 0. The molecule has 0 spiro atoms. The van der Waals surface area contributed by atoms with E-state index in [0.717, 1.165) is 0 Å². The van der Waals surface area contributed by atoms with Crippen molar-refractivity contribution < 1.29 is 14.3 Å². The fourth-order valence-corrected chi connectivity index (χ4v) is 1.87. The van der Waals surface area contributed by atoms with Crippen molar-refractivity contribution in [1.29, 1.82) is 5.26 Å². The summed E-state index contributed by atoms with van der Waals surface area (Å²) < 4.78 is 5.11. The van der Waals surface area contributed by atoms with E-state index in [1.165, 1.54) is 19.1 Å². The minimum absolute atomic E-state index is 0.312. The fourth-order valence-electron chi connectivity index (χ4n) is 1.74. The van der Waals surface area contributed by atoms with Gasteiger partial charge < -0.3 is 10.1 Å². The largest absolute Gasteiger partial charge is 0.449 e. The number of nitrogens with one attached hydrogen (secondary N) is 1. The molecule has 0 unspecified atom stereocenters. The standard InChI is InChI=1S/C17H13ClN2O3/c1-11(23-17(22)13-4-6-14(18)7-5-13)16(21)20-15-8-2-12(10-19)3-9-15/h2-9,11H,1H3,(H,20,21)/t11-/m0/s1. The molecule has 0 saturated heterocycles. The Kier molecular flexibility index (Phi) is 5.34. The van der Waals surface area contributed by atoms with Gasteiger partial charge in [-0.05, 0) is 55.5 Å². The Balaban J connectivity index is 1.95. The molecular weight excluding hydrogens is 316 g/mol. The molecule has 1 amide bonds. The van der Waals surface area contributed by atoms with Crippen LogP contribution in [-0.4, -0.2) is 18.0 Å². The zero-order chi connectivity index (χ0) is 16.8. The number of carbonyl (C=O) groups is 2. The van der Waals surface area contributed by atoms with Crippen LogP contribution < -0.4 is 5.32 Å². The van der Waals surface area contributed by atoms with Crippen LogP contribution in [0.1, 0.15) is 22.8 Å². The number of hydrogen-bond acceptors (Lipinski definition) is 4. The zero-order valence-electron chi connectivity index (χ0n) is 12.2. The third kappa shape index (κ3) is 4.56. The lowest BCUT2D eigenvalue weighted by atomic mass is 10.2. The predicted octanol–water partition coefficient (Wildman–Crippen LogP) is 3.40. The first-order chi connectivity index (χ1) is 11.0. The van der Waals surface area contributed by atoms with Crippen LogP contribution in [0, 0.1) is 11.3 Å². The molecule has 1 atom stereocenters. The van der Waals surface area contributed by atoms with Gasteiger partial charge >= 0.3 is 5.97 Å². The third-order valence-electron chi connectivity index (χ3n) is 3.01. The molecule has 2 rings (SSSR count). The molecule has 0 saturated carbocycles. The molecule has 2 aromatic rings. The molecule has 116 valence electrons. The second-order valence-electron chi connectivity index (χ2n) is 4.73. The maximum Gasteiger partial charge on any atom is 0.338 e. The Morgan fingerprint density at radius 2 is 1.74 bits per heavy atom. The van der Waals surface area contributed by atoms with E-state index in [9.17, 15) is 9.59 Å². The number of benzene rings is 2. The maximum atomic E-state index is 12.0. The van der Waals surface area contributed by atoms with Crippen molar-refractivity contribution >= 4 is 29.2 Å². The van der Waals surface area contributed by atoms with Crippen LogP contribution in [0.15, 0.2) is 48.5 Å². The van der Waals surface area contributed by atoms with Crippen molar-refractivity contribution in [3.8, 4) is 6.07 Å². The fraction of sp³-hybridized carbons (Fsp3) is 0.118. The number of ether oxygens (including phenoxy) is 1. The summed E-state index contributed by atoms with van der Waals surface area (Å²) >= 11 is 5.75. The van der Waals surface area contributed by atoms with Gasteiger partial charge in [0.05, 0.1) is 17.2 Å². The molecule has 0 aromatic heterocycles. The minimum Gasteiger partial charge on any atom is -0.449 e. The Bertz CT molecular complexity index is 749. The van der Waals surface area contributed by atoms with Gasteiger partial charge in [0.15, 0.2) is 6.10 Å². The molecule has 23 heavy (non-hydrogen) atoms. The van der Waals surface area contributed by atoms with Gasteiger partial charge in [0.25, 0.3) is 5.91 Å². The van der Waals surface area contributed by atoms with Gasteiger partial charge in [-0.25, -0.2) is 4.79 Å².